The summed E-state index contributed by atoms with van der Waals surface area (Å²) in [7, 11) is 3.07. The van der Waals surface area contributed by atoms with Crippen molar-refractivity contribution in [3.63, 3.8) is 0 Å². The molecule has 7 nitrogen and oxygen atoms in total. The predicted octanol–water partition coefficient (Wildman–Crippen LogP) is 2.96. The van der Waals surface area contributed by atoms with Crippen molar-refractivity contribution in [2.24, 2.45) is 0 Å². The summed E-state index contributed by atoms with van der Waals surface area (Å²) in [6.07, 6.45) is 1.63. The van der Waals surface area contributed by atoms with Gasteiger partial charge in [-0.05, 0) is 54.7 Å². The highest BCUT2D eigenvalue weighted by atomic mass is 32.2. The zero-order valence-corrected chi connectivity index (χ0v) is 16.6. The van der Waals surface area contributed by atoms with Gasteiger partial charge in [-0.15, -0.1) is 0 Å². The molecule has 2 N–H and O–H groups in total. The average molecular weight is 416 g/mol. The van der Waals surface area contributed by atoms with Gasteiger partial charge in [0.2, 0.25) is 0 Å². The first-order valence-corrected chi connectivity index (χ1v) is 9.25. The van der Waals surface area contributed by atoms with Crippen LogP contribution in [0.5, 0.6) is 17.2 Å². The Balaban J connectivity index is 1.84. The number of carbonyl (C=O) groups is 2. The van der Waals surface area contributed by atoms with Crippen molar-refractivity contribution in [2.45, 2.75) is 0 Å². The first kappa shape index (κ1) is 19.7. The van der Waals surface area contributed by atoms with Gasteiger partial charge in [-0.3, -0.25) is 15.0 Å². The SMILES string of the molecule is COc1ccc(OC)c(C=C2SC(=S)N(NC(=O)c3cccc(O)c3)C2=O)c1. The molecule has 0 aliphatic carbocycles. The van der Waals surface area contributed by atoms with Gasteiger partial charge in [0.1, 0.15) is 17.2 Å². The van der Waals surface area contributed by atoms with E-state index in [0.717, 1.165) is 16.8 Å². The Morgan fingerprint density at radius 2 is 2.00 bits per heavy atom. The van der Waals surface area contributed by atoms with Gasteiger partial charge in [-0.2, -0.15) is 5.01 Å². The molecule has 3 rings (SSSR count). The summed E-state index contributed by atoms with van der Waals surface area (Å²) in [5.41, 5.74) is 3.31. The number of hydrazine groups is 1. The second-order valence-electron chi connectivity index (χ2n) is 5.62. The zero-order chi connectivity index (χ0) is 20.3. The number of hydrogen-bond acceptors (Lipinski definition) is 7. The molecule has 2 amide bonds. The van der Waals surface area contributed by atoms with Gasteiger partial charge in [0.05, 0.1) is 19.1 Å². The molecule has 0 bridgehead atoms. The summed E-state index contributed by atoms with van der Waals surface area (Å²) in [6, 6.07) is 11.0. The number of hydrogen-bond donors (Lipinski definition) is 2. The lowest BCUT2D eigenvalue weighted by molar-refractivity contribution is -0.123. The Hall–Kier alpha value is -3.04. The van der Waals surface area contributed by atoms with E-state index >= 15 is 0 Å². The molecule has 1 fully saturated rings. The van der Waals surface area contributed by atoms with Crippen molar-refractivity contribution >= 4 is 46.2 Å². The molecule has 0 atom stereocenters. The highest BCUT2D eigenvalue weighted by Crippen LogP contribution is 2.34. The molecule has 2 aromatic carbocycles. The Bertz CT molecular complexity index is 990. The van der Waals surface area contributed by atoms with Gasteiger partial charge in [-0.25, -0.2) is 0 Å². The number of carbonyl (C=O) groups excluding carboxylic acids is 2. The summed E-state index contributed by atoms with van der Waals surface area (Å²) in [5.74, 6) is 0.0958. The van der Waals surface area contributed by atoms with Gasteiger partial charge in [0.15, 0.2) is 4.32 Å². The molecule has 1 aliphatic rings. The predicted molar refractivity (Wildman–Crippen MR) is 110 cm³/mol. The van der Waals surface area contributed by atoms with Crippen LogP contribution in [0.2, 0.25) is 0 Å². The van der Waals surface area contributed by atoms with Gasteiger partial charge in [0, 0.05) is 11.1 Å². The van der Waals surface area contributed by atoms with Gasteiger partial charge < -0.3 is 14.6 Å². The Labute approximate surface area is 170 Å². The number of methoxy groups -OCH3 is 2. The van der Waals surface area contributed by atoms with Crippen LogP contribution in [0.3, 0.4) is 0 Å². The molecular formula is C19H16N2O5S2. The minimum atomic E-state index is -0.563. The average Bonchev–Trinajstić information content (AvgIpc) is 2.95. The van der Waals surface area contributed by atoms with E-state index in [0.29, 0.717) is 22.0 Å². The van der Waals surface area contributed by atoms with Crippen molar-refractivity contribution < 1.29 is 24.2 Å². The van der Waals surface area contributed by atoms with E-state index < -0.39 is 11.8 Å². The topological polar surface area (TPSA) is 88.1 Å². The number of ether oxygens (including phenoxy) is 2. The minimum absolute atomic E-state index is 0.0527. The van der Waals surface area contributed by atoms with E-state index in [1.165, 1.54) is 31.4 Å². The van der Waals surface area contributed by atoms with Gasteiger partial charge in [0.25, 0.3) is 11.8 Å². The van der Waals surface area contributed by atoms with Crippen LogP contribution in [0.25, 0.3) is 6.08 Å². The maximum atomic E-state index is 12.7. The van der Waals surface area contributed by atoms with Crippen molar-refractivity contribution in [1.29, 1.82) is 0 Å². The number of phenols is 1. The molecule has 28 heavy (non-hydrogen) atoms. The zero-order valence-electron chi connectivity index (χ0n) is 15.0. The number of amides is 2. The van der Waals surface area contributed by atoms with Crippen LogP contribution >= 0.6 is 24.0 Å². The van der Waals surface area contributed by atoms with Crippen LogP contribution in [0.4, 0.5) is 0 Å². The fraction of sp³-hybridized carbons (Fsp3) is 0.105. The maximum absolute atomic E-state index is 12.7. The largest absolute Gasteiger partial charge is 0.508 e. The molecule has 0 unspecified atom stereocenters. The quantitative estimate of drug-likeness (QED) is 0.572. The third-order valence-corrected chi connectivity index (χ3v) is 5.14. The molecule has 9 heteroatoms. The van der Waals surface area contributed by atoms with E-state index in [1.807, 2.05) is 0 Å². The van der Waals surface area contributed by atoms with Crippen LogP contribution in [0.15, 0.2) is 47.4 Å². The molecule has 1 aliphatic heterocycles. The molecule has 144 valence electrons. The molecule has 2 aromatic rings. The summed E-state index contributed by atoms with van der Waals surface area (Å²) in [4.78, 5) is 25.4. The molecular weight excluding hydrogens is 400 g/mol. The number of nitrogens with zero attached hydrogens (tertiary/aromatic N) is 1. The number of aromatic hydroxyl groups is 1. The lowest BCUT2D eigenvalue weighted by atomic mass is 10.1. The van der Waals surface area contributed by atoms with E-state index in [9.17, 15) is 14.7 Å². The Morgan fingerprint density at radius 1 is 1.21 bits per heavy atom. The first-order valence-electron chi connectivity index (χ1n) is 8.03. The lowest BCUT2D eigenvalue weighted by Crippen LogP contribution is -2.44. The highest BCUT2D eigenvalue weighted by Gasteiger charge is 2.34. The molecule has 0 spiro atoms. The number of phenolic OH excluding ortho intramolecular Hbond substituents is 1. The van der Waals surface area contributed by atoms with E-state index in [-0.39, 0.29) is 15.6 Å². The Morgan fingerprint density at radius 3 is 2.68 bits per heavy atom. The van der Waals surface area contributed by atoms with Crippen LogP contribution in [-0.2, 0) is 4.79 Å². The smallest absolute Gasteiger partial charge is 0.285 e. The van der Waals surface area contributed by atoms with Crippen molar-refractivity contribution in [3.8, 4) is 17.2 Å². The van der Waals surface area contributed by atoms with Crippen molar-refractivity contribution in [2.75, 3.05) is 14.2 Å². The number of rotatable bonds is 5. The van der Waals surface area contributed by atoms with E-state index in [2.05, 4.69) is 5.43 Å². The number of nitrogens with one attached hydrogen (secondary N) is 1. The summed E-state index contributed by atoms with van der Waals surface area (Å²) >= 11 is 6.28. The molecule has 0 saturated carbocycles. The molecule has 0 radical (unpaired) electrons. The van der Waals surface area contributed by atoms with Gasteiger partial charge >= 0.3 is 0 Å². The van der Waals surface area contributed by atoms with Crippen molar-refractivity contribution in [1.82, 2.24) is 10.4 Å². The molecule has 1 saturated heterocycles. The van der Waals surface area contributed by atoms with Crippen LogP contribution in [0, 0.1) is 0 Å². The summed E-state index contributed by atoms with van der Waals surface area (Å²) in [6.45, 7) is 0. The third kappa shape index (κ3) is 4.10. The minimum Gasteiger partial charge on any atom is -0.508 e. The second-order valence-corrected chi connectivity index (χ2v) is 7.29. The normalized spacial score (nSPS) is 15.1. The number of benzene rings is 2. The second kappa shape index (κ2) is 8.32. The molecule has 0 aromatic heterocycles. The summed E-state index contributed by atoms with van der Waals surface area (Å²) < 4.78 is 10.7. The fourth-order valence-corrected chi connectivity index (χ4v) is 3.64. The maximum Gasteiger partial charge on any atom is 0.285 e. The summed E-state index contributed by atoms with van der Waals surface area (Å²) in [5, 5.41) is 10.5. The standard InChI is InChI=1S/C19H16N2O5S2/c1-25-14-6-7-15(26-2)12(9-14)10-16-18(24)21(19(27)28-16)20-17(23)11-4-3-5-13(22)8-11/h3-10,22H,1-2H3,(H,20,23). The monoisotopic (exact) mass is 416 g/mol. The van der Waals surface area contributed by atoms with Crippen LogP contribution in [0.1, 0.15) is 15.9 Å². The van der Waals surface area contributed by atoms with E-state index in [4.69, 9.17) is 21.7 Å². The Kier molecular flexibility index (Phi) is 5.86. The van der Waals surface area contributed by atoms with Crippen molar-refractivity contribution in [3.05, 3.63) is 58.5 Å². The number of thiocarbonyl (C=S) groups is 1. The molecule has 1 heterocycles. The van der Waals surface area contributed by atoms with Crippen LogP contribution in [-0.4, -0.2) is 40.5 Å². The fourth-order valence-electron chi connectivity index (χ4n) is 2.47. The third-order valence-electron chi connectivity index (χ3n) is 3.84. The first-order chi connectivity index (χ1) is 13.4. The van der Waals surface area contributed by atoms with E-state index in [1.54, 1.807) is 31.4 Å². The number of thioether (sulfide) groups is 1. The highest BCUT2D eigenvalue weighted by molar-refractivity contribution is 8.26. The van der Waals surface area contributed by atoms with Gasteiger partial charge in [-0.1, -0.05) is 17.8 Å². The lowest BCUT2D eigenvalue weighted by Gasteiger charge is -2.15. The van der Waals surface area contributed by atoms with Crippen LogP contribution < -0.4 is 14.9 Å².